The van der Waals surface area contributed by atoms with Crippen molar-refractivity contribution in [3.8, 4) is 0 Å². The lowest BCUT2D eigenvalue weighted by molar-refractivity contribution is -0.645. The van der Waals surface area contributed by atoms with Crippen molar-refractivity contribution >= 4 is 23.4 Å². The van der Waals surface area contributed by atoms with Crippen molar-refractivity contribution in [3.63, 3.8) is 0 Å². The van der Waals surface area contributed by atoms with E-state index < -0.39 is 0 Å². The molecule has 0 saturated carbocycles. The molecule has 0 aliphatic carbocycles. The molecule has 0 N–H and O–H groups in total. The summed E-state index contributed by atoms with van der Waals surface area (Å²) in [6.45, 7) is 1.82. The third-order valence-electron chi connectivity index (χ3n) is 2.49. The molecule has 0 aliphatic rings. The van der Waals surface area contributed by atoms with Crippen LogP contribution in [0.15, 0.2) is 47.6 Å². The van der Waals surface area contributed by atoms with Gasteiger partial charge in [-0.1, -0.05) is 17.7 Å². The van der Waals surface area contributed by atoms with Crippen LogP contribution in [0.3, 0.4) is 0 Å². The predicted molar refractivity (Wildman–Crippen MR) is 71.1 cm³/mol. The van der Waals surface area contributed by atoms with E-state index in [4.69, 9.17) is 11.6 Å². The van der Waals surface area contributed by atoms with Crippen LogP contribution < -0.4 is 4.73 Å². The van der Waals surface area contributed by atoms with Gasteiger partial charge in [0.25, 0.3) is 5.03 Å². The zero-order chi connectivity index (χ0) is 13.1. The molecule has 1 atom stereocenters. The first kappa shape index (κ1) is 13.2. The number of pyridine rings is 1. The highest BCUT2D eigenvalue weighted by molar-refractivity contribution is 7.99. The van der Waals surface area contributed by atoms with Crippen LogP contribution in [0.1, 0.15) is 17.7 Å². The molecule has 1 heterocycles. The van der Waals surface area contributed by atoms with Crippen LogP contribution in [0.2, 0.25) is 5.02 Å². The monoisotopic (exact) mass is 283 g/mol. The maximum absolute atomic E-state index is 13.7. The molecule has 2 aromatic rings. The van der Waals surface area contributed by atoms with Crippen molar-refractivity contribution in [1.29, 1.82) is 0 Å². The van der Waals surface area contributed by atoms with Crippen molar-refractivity contribution in [1.82, 2.24) is 0 Å². The van der Waals surface area contributed by atoms with Gasteiger partial charge in [-0.15, -0.1) is 0 Å². The molecular weight excluding hydrogens is 273 g/mol. The minimum Gasteiger partial charge on any atom is -0.618 e. The molecule has 94 valence electrons. The smallest absolute Gasteiger partial charge is 0.251 e. The van der Waals surface area contributed by atoms with Crippen molar-refractivity contribution < 1.29 is 9.12 Å². The van der Waals surface area contributed by atoms with Gasteiger partial charge in [0, 0.05) is 28.0 Å². The van der Waals surface area contributed by atoms with Gasteiger partial charge in [-0.25, -0.2) is 4.39 Å². The largest absolute Gasteiger partial charge is 0.618 e. The van der Waals surface area contributed by atoms with Gasteiger partial charge in [-0.3, -0.25) is 0 Å². The predicted octanol–water partition coefficient (Wildman–Crippen LogP) is 3.97. The van der Waals surface area contributed by atoms with E-state index in [1.165, 1.54) is 24.0 Å². The van der Waals surface area contributed by atoms with Gasteiger partial charge in [0.15, 0.2) is 6.20 Å². The molecule has 2 nitrogen and oxygen atoms in total. The van der Waals surface area contributed by atoms with E-state index >= 15 is 0 Å². The van der Waals surface area contributed by atoms with Crippen LogP contribution in [-0.2, 0) is 0 Å². The minimum absolute atomic E-state index is 0.235. The van der Waals surface area contributed by atoms with Gasteiger partial charge in [0.2, 0.25) is 0 Å². The molecule has 0 spiro atoms. The fourth-order valence-corrected chi connectivity index (χ4v) is 3.08. The summed E-state index contributed by atoms with van der Waals surface area (Å²) in [6.07, 6.45) is 1.41. The topological polar surface area (TPSA) is 26.9 Å². The maximum atomic E-state index is 13.7. The van der Waals surface area contributed by atoms with E-state index in [1.54, 1.807) is 30.3 Å². The highest BCUT2D eigenvalue weighted by Gasteiger charge is 2.19. The number of hydrogen-bond acceptors (Lipinski definition) is 2. The Morgan fingerprint density at radius 2 is 2.06 bits per heavy atom. The summed E-state index contributed by atoms with van der Waals surface area (Å²) < 4.78 is 14.5. The number of hydrogen-bond donors (Lipinski definition) is 0. The molecule has 0 saturated heterocycles. The molecule has 0 radical (unpaired) electrons. The summed E-state index contributed by atoms with van der Waals surface area (Å²) in [7, 11) is 0. The van der Waals surface area contributed by atoms with Gasteiger partial charge < -0.3 is 5.21 Å². The zero-order valence-corrected chi connectivity index (χ0v) is 11.2. The molecule has 0 fully saturated rings. The van der Waals surface area contributed by atoms with E-state index in [0.29, 0.717) is 15.6 Å². The second kappa shape index (κ2) is 5.59. The summed E-state index contributed by atoms with van der Waals surface area (Å²) in [6, 6.07) is 9.70. The molecule has 0 amide bonds. The molecule has 1 unspecified atom stereocenters. The Bertz CT molecular complexity index is 544. The molecule has 18 heavy (non-hydrogen) atoms. The number of benzene rings is 1. The Balaban J connectivity index is 2.28. The summed E-state index contributed by atoms with van der Waals surface area (Å²) in [5.74, 6) is -0.351. The van der Waals surface area contributed by atoms with Crippen LogP contribution in [0.5, 0.6) is 0 Å². The Morgan fingerprint density at radius 3 is 2.72 bits per heavy atom. The third kappa shape index (κ3) is 2.76. The average Bonchev–Trinajstić information content (AvgIpc) is 2.32. The highest BCUT2D eigenvalue weighted by Crippen LogP contribution is 2.37. The number of aromatic nitrogens is 1. The Morgan fingerprint density at radius 1 is 1.28 bits per heavy atom. The van der Waals surface area contributed by atoms with Crippen molar-refractivity contribution in [2.75, 3.05) is 0 Å². The lowest BCUT2D eigenvalue weighted by Crippen LogP contribution is -2.27. The number of halogens is 2. The van der Waals surface area contributed by atoms with Crippen molar-refractivity contribution in [2.45, 2.75) is 17.2 Å². The molecular formula is C13H11ClFNOS. The molecule has 5 heteroatoms. The van der Waals surface area contributed by atoms with Crippen LogP contribution in [0.4, 0.5) is 4.39 Å². The van der Waals surface area contributed by atoms with E-state index in [0.717, 1.165) is 4.73 Å². The van der Waals surface area contributed by atoms with Crippen LogP contribution in [0, 0.1) is 11.0 Å². The summed E-state index contributed by atoms with van der Waals surface area (Å²) in [5.41, 5.74) is 0.424. The van der Waals surface area contributed by atoms with E-state index in [1.807, 2.05) is 6.92 Å². The second-order valence-corrected chi connectivity index (χ2v) is 5.53. The number of nitrogens with zero attached hydrogens (tertiary/aromatic N) is 1. The number of rotatable bonds is 3. The van der Waals surface area contributed by atoms with Crippen molar-refractivity contribution in [3.05, 3.63) is 64.2 Å². The quantitative estimate of drug-likeness (QED) is 0.484. The van der Waals surface area contributed by atoms with E-state index in [9.17, 15) is 9.60 Å². The van der Waals surface area contributed by atoms with Crippen LogP contribution >= 0.6 is 23.4 Å². The summed E-state index contributed by atoms with van der Waals surface area (Å²) in [5, 5.41) is 12.2. The normalized spacial score (nSPS) is 12.4. The van der Waals surface area contributed by atoms with Gasteiger partial charge in [0.1, 0.15) is 5.82 Å². The Labute approximate surface area is 114 Å². The number of thioether (sulfide) groups is 1. The molecule has 0 aliphatic heterocycles. The summed E-state index contributed by atoms with van der Waals surface area (Å²) >= 11 is 7.27. The van der Waals surface area contributed by atoms with Crippen LogP contribution in [-0.4, -0.2) is 0 Å². The molecule has 2 rings (SSSR count). The SMILES string of the molecule is CC(Sc1cccc[n+]1[O-])c1c(F)cccc1Cl. The van der Waals surface area contributed by atoms with Gasteiger partial charge in [0.05, 0.1) is 0 Å². The lowest BCUT2D eigenvalue weighted by Gasteiger charge is -2.13. The van der Waals surface area contributed by atoms with Gasteiger partial charge in [-0.2, -0.15) is 4.73 Å². The fraction of sp³-hybridized carbons (Fsp3) is 0.154. The maximum Gasteiger partial charge on any atom is 0.251 e. The first-order valence-electron chi connectivity index (χ1n) is 5.38. The Hall–Kier alpha value is -1.26. The molecule has 1 aromatic carbocycles. The second-order valence-electron chi connectivity index (χ2n) is 3.76. The van der Waals surface area contributed by atoms with E-state index in [2.05, 4.69) is 0 Å². The van der Waals surface area contributed by atoms with Crippen molar-refractivity contribution in [2.24, 2.45) is 0 Å². The van der Waals surface area contributed by atoms with Gasteiger partial charge in [-0.05, 0) is 36.9 Å². The fourth-order valence-electron chi connectivity index (χ4n) is 1.64. The highest BCUT2D eigenvalue weighted by atomic mass is 35.5. The molecule has 0 bridgehead atoms. The van der Waals surface area contributed by atoms with Crippen LogP contribution in [0.25, 0.3) is 0 Å². The molecule has 1 aromatic heterocycles. The minimum atomic E-state index is -0.351. The Kier molecular flexibility index (Phi) is 4.09. The summed E-state index contributed by atoms with van der Waals surface area (Å²) in [4.78, 5) is 0. The first-order chi connectivity index (χ1) is 8.59. The first-order valence-corrected chi connectivity index (χ1v) is 6.64. The average molecular weight is 284 g/mol. The standard InChI is InChI=1S/C13H11ClFNOS/c1-9(13-10(14)5-4-6-11(13)15)18-12-7-2-3-8-16(12)17/h2-9H,1H3. The van der Waals surface area contributed by atoms with E-state index in [-0.39, 0.29) is 11.1 Å². The zero-order valence-electron chi connectivity index (χ0n) is 9.64. The van der Waals surface area contributed by atoms with Gasteiger partial charge >= 0.3 is 0 Å². The lowest BCUT2D eigenvalue weighted by atomic mass is 10.1. The third-order valence-corrected chi connectivity index (χ3v) is 3.97.